The van der Waals surface area contributed by atoms with Gasteiger partial charge in [0.15, 0.2) is 0 Å². The first-order valence-electron chi connectivity index (χ1n) is 11.0. The van der Waals surface area contributed by atoms with E-state index in [1.54, 1.807) is 7.11 Å². The van der Waals surface area contributed by atoms with Crippen LogP contribution in [0.4, 0.5) is 4.39 Å². The minimum atomic E-state index is -0.227. The van der Waals surface area contributed by atoms with E-state index in [0.717, 1.165) is 42.1 Å². The van der Waals surface area contributed by atoms with Crippen molar-refractivity contribution in [1.82, 2.24) is 10.2 Å². The molecule has 2 saturated heterocycles. The Morgan fingerprint density at radius 1 is 1.16 bits per heavy atom. The van der Waals surface area contributed by atoms with Crippen molar-refractivity contribution in [3.63, 3.8) is 0 Å². The van der Waals surface area contributed by atoms with Crippen molar-refractivity contribution < 1.29 is 13.9 Å². The summed E-state index contributed by atoms with van der Waals surface area (Å²) in [4.78, 5) is 15.6. The molecule has 6 heteroatoms. The van der Waals surface area contributed by atoms with E-state index < -0.39 is 0 Å². The number of fused-ring (bicyclic) bond motifs is 2. The smallest absolute Gasteiger partial charge is 0.225 e. The van der Waals surface area contributed by atoms with Crippen LogP contribution in [0.3, 0.4) is 0 Å². The van der Waals surface area contributed by atoms with Gasteiger partial charge in [-0.2, -0.15) is 11.8 Å². The SMILES string of the molecule is COc1ccc(CSCCNC(=O)[C@H]2[C@@H](c3ccc(F)cc3)C[C@@H]3CC[C@H]2N3C)cc1. The lowest BCUT2D eigenvalue weighted by atomic mass is 9.75. The summed E-state index contributed by atoms with van der Waals surface area (Å²) in [7, 11) is 3.82. The zero-order valence-corrected chi connectivity index (χ0v) is 19.0. The topological polar surface area (TPSA) is 41.6 Å². The minimum Gasteiger partial charge on any atom is -0.497 e. The molecule has 4 rings (SSSR count). The van der Waals surface area contributed by atoms with Gasteiger partial charge in [-0.15, -0.1) is 0 Å². The highest BCUT2D eigenvalue weighted by molar-refractivity contribution is 7.98. The Labute approximate surface area is 188 Å². The Morgan fingerprint density at radius 2 is 1.90 bits per heavy atom. The van der Waals surface area contributed by atoms with Crippen LogP contribution in [0.1, 0.15) is 36.3 Å². The van der Waals surface area contributed by atoms with Gasteiger partial charge in [0.2, 0.25) is 5.91 Å². The second-order valence-electron chi connectivity index (χ2n) is 8.58. The first kappa shape index (κ1) is 22.2. The Balaban J connectivity index is 1.33. The molecule has 0 saturated carbocycles. The zero-order chi connectivity index (χ0) is 21.8. The van der Waals surface area contributed by atoms with E-state index >= 15 is 0 Å². The van der Waals surface area contributed by atoms with Crippen LogP contribution >= 0.6 is 11.8 Å². The van der Waals surface area contributed by atoms with Crippen LogP contribution in [-0.4, -0.2) is 49.3 Å². The summed E-state index contributed by atoms with van der Waals surface area (Å²) in [5, 5.41) is 3.19. The predicted octanol–water partition coefficient (Wildman–Crippen LogP) is 4.45. The number of rotatable bonds is 8. The highest BCUT2D eigenvalue weighted by Gasteiger charge is 2.48. The van der Waals surface area contributed by atoms with E-state index in [1.165, 1.54) is 17.7 Å². The molecule has 2 aliphatic rings. The van der Waals surface area contributed by atoms with Crippen LogP contribution in [0.25, 0.3) is 0 Å². The molecule has 2 fully saturated rings. The van der Waals surface area contributed by atoms with Crippen molar-refractivity contribution in [3.8, 4) is 5.75 Å². The van der Waals surface area contributed by atoms with E-state index in [9.17, 15) is 9.18 Å². The molecule has 31 heavy (non-hydrogen) atoms. The fourth-order valence-corrected chi connectivity index (χ4v) is 5.97. The summed E-state index contributed by atoms with van der Waals surface area (Å²) in [6.07, 6.45) is 3.16. The summed E-state index contributed by atoms with van der Waals surface area (Å²) < 4.78 is 18.6. The molecule has 2 aliphatic heterocycles. The van der Waals surface area contributed by atoms with E-state index in [-0.39, 0.29) is 29.6 Å². The average Bonchev–Trinajstić information content (AvgIpc) is 3.02. The Kier molecular flexibility index (Phi) is 7.18. The number of carbonyl (C=O) groups is 1. The lowest BCUT2D eigenvalue weighted by molar-refractivity contribution is -0.129. The summed E-state index contributed by atoms with van der Waals surface area (Å²) in [5.41, 5.74) is 2.33. The number of hydrogen-bond donors (Lipinski definition) is 1. The molecule has 2 aromatic carbocycles. The zero-order valence-electron chi connectivity index (χ0n) is 18.2. The number of nitrogens with zero attached hydrogens (tertiary/aromatic N) is 1. The van der Waals surface area contributed by atoms with Gasteiger partial charge in [0.25, 0.3) is 0 Å². The number of ether oxygens (including phenoxy) is 1. The number of amides is 1. The Bertz CT molecular complexity index is 874. The number of methoxy groups -OCH3 is 1. The van der Waals surface area contributed by atoms with Crippen LogP contribution < -0.4 is 10.1 Å². The van der Waals surface area contributed by atoms with Gasteiger partial charge in [-0.05, 0) is 67.6 Å². The van der Waals surface area contributed by atoms with Crippen molar-refractivity contribution in [2.45, 2.75) is 43.0 Å². The third kappa shape index (κ3) is 5.07. The molecule has 0 spiro atoms. The highest BCUT2D eigenvalue weighted by atomic mass is 32.2. The molecule has 2 aromatic rings. The Hall–Kier alpha value is -2.05. The number of hydrogen-bond acceptors (Lipinski definition) is 4. The van der Waals surface area contributed by atoms with Gasteiger partial charge in [0.1, 0.15) is 11.6 Å². The van der Waals surface area contributed by atoms with Crippen molar-refractivity contribution >= 4 is 17.7 Å². The normalized spacial score (nSPS) is 25.4. The van der Waals surface area contributed by atoms with Gasteiger partial charge in [-0.3, -0.25) is 9.69 Å². The van der Waals surface area contributed by atoms with Crippen molar-refractivity contribution in [2.75, 3.05) is 26.5 Å². The summed E-state index contributed by atoms with van der Waals surface area (Å²) >= 11 is 1.81. The van der Waals surface area contributed by atoms with Crippen LogP contribution in [0.5, 0.6) is 5.75 Å². The van der Waals surface area contributed by atoms with Crippen molar-refractivity contribution in [3.05, 3.63) is 65.5 Å². The van der Waals surface area contributed by atoms with Gasteiger partial charge < -0.3 is 10.1 Å². The fraction of sp³-hybridized carbons (Fsp3) is 0.480. The Morgan fingerprint density at radius 3 is 2.61 bits per heavy atom. The van der Waals surface area contributed by atoms with Crippen LogP contribution in [0.2, 0.25) is 0 Å². The largest absolute Gasteiger partial charge is 0.497 e. The fourth-order valence-electron chi connectivity index (χ4n) is 5.15. The highest BCUT2D eigenvalue weighted by Crippen LogP contribution is 2.46. The van der Waals surface area contributed by atoms with Gasteiger partial charge in [0.05, 0.1) is 13.0 Å². The summed E-state index contributed by atoms with van der Waals surface area (Å²) in [6.45, 7) is 0.659. The maximum absolute atomic E-state index is 13.4. The summed E-state index contributed by atoms with van der Waals surface area (Å²) in [5.74, 6) is 2.63. The third-order valence-electron chi connectivity index (χ3n) is 6.84. The molecular formula is C25H31FN2O2S. The number of thioether (sulfide) groups is 1. The van der Waals surface area contributed by atoms with Crippen LogP contribution in [0, 0.1) is 11.7 Å². The molecule has 0 aliphatic carbocycles. The number of benzene rings is 2. The number of nitrogens with one attached hydrogen (secondary N) is 1. The molecular weight excluding hydrogens is 411 g/mol. The minimum absolute atomic E-state index is 0.0826. The quantitative estimate of drug-likeness (QED) is 0.614. The van der Waals surface area contributed by atoms with Gasteiger partial charge in [-0.25, -0.2) is 4.39 Å². The lowest BCUT2D eigenvalue weighted by Gasteiger charge is -2.42. The first-order chi connectivity index (χ1) is 15.1. The standard InChI is InChI=1S/C25H31FN2O2S/c1-28-20-9-12-23(28)24(22(15-20)18-5-7-19(26)8-6-18)25(29)27-13-14-31-16-17-3-10-21(30-2)11-4-17/h3-8,10-11,20,22-24H,9,12-16H2,1-2H3,(H,27,29)/t20-,22+,23+,24-/m0/s1. The number of carbonyl (C=O) groups excluding carboxylic acids is 1. The van der Waals surface area contributed by atoms with E-state index in [4.69, 9.17) is 4.74 Å². The number of piperidine rings is 1. The van der Waals surface area contributed by atoms with Crippen LogP contribution in [-0.2, 0) is 10.5 Å². The predicted molar refractivity (Wildman–Crippen MR) is 124 cm³/mol. The molecule has 4 nitrogen and oxygen atoms in total. The van der Waals surface area contributed by atoms with Crippen LogP contribution in [0.15, 0.2) is 48.5 Å². The van der Waals surface area contributed by atoms with E-state index in [0.29, 0.717) is 12.6 Å². The van der Waals surface area contributed by atoms with Gasteiger partial charge in [0, 0.05) is 30.1 Å². The maximum Gasteiger partial charge on any atom is 0.225 e. The lowest BCUT2D eigenvalue weighted by Crippen LogP contribution is -2.51. The molecule has 4 atom stereocenters. The van der Waals surface area contributed by atoms with Gasteiger partial charge >= 0.3 is 0 Å². The van der Waals surface area contributed by atoms with Gasteiger partial charge in [-0.1, -0.05) is 24.3 Å². The molecule has 0 unspecified atom stereocenters. The maximum atomic E-state index is 13.4. The first-order valence-corrected chi connectivity index (χ1v) is 12.2. The molecule has 2 bridgehead atoms. The molecule has 2 heterocycles. The second kappa shape index (κ2) is 10.0. The molecule has 1 N–H and O–H groups in total. The third-order valence-corrected chi connectivity index (χ3v) is 7.87. The second-order valence-corrected chi connectivity index (χ2v) is 9.68. The van der Waals surface area contributed by atoms with E-state index in [2.05, 4.69) is 29.4 Å². The summed E-state index contributed by atoms with van der Waals surface area (Å²) in [6, 6.07) is 15.6. The monoisotopic (exact) mass is 442 g/mol. The molecule has 0 aromatic heterocycles. The molecule has 1 amide bonds. The average molecular weight is 443 g/mol. The number of halogens is 1. The molecule has 166 valence electrons. The van der Waals surface area contributed by atoms with Crippen molar-refractivity contribution in [2.24, 2.45) is 5.92 Å². The molecule has 0 radical (unpaired) electrons. The van der Waals surface area contributed by atoms with E-state index in [1.807, 2.05) is 36.0 Å². The van der Waals surface area contributed by atoms with Crippen molar-refractivity contribution in [1.29, 1.82) is 0 Å².